The smallest absolute Gasteiger partial charge is 0.220 e. The van der Waals surface area contributed by atoms with Crippen molar-refractivity contribution in [1.29, 1.82) is 0 Å². The predicted molar refractivity (Wildman–Crippen MR) is 89.0 cm³/mol. The fourth-order valence-electron chi connectivity index (χ4n) is 2.19. The van der Waals surface area contributed by atoms with Gasteiger partial charge in [-0.1, -0.05) is 35.9 Å². The summed E-state index contributed by atoms with van der Waals surface area (Å²) >= 11 is 0. The van der Waals surface area contributed by atoms with Crippen LogP contribution in [0, 0.1) is 12.7 Å². The van der Waals surface area contributed by atoms with Crippen LogP contribution in [0.3, 0.4) is 0 Å². The molecule has 2 rings (SSSR count). The average Bonchev–Trinajstić information content (AvgIpc) is 2.53. The second-order valence-corrected chi connectivity index (χ2v) is 5.68. The van der Waals surface area contributed by atoms with Gasteiger partial charge < -0.3 is 10.1 Å². The molecule has 3 nitrogen and oxygen atoms in total. The van der Waals surface area contributed by atoms with Crippen molar-refractivity contribution in [2.24, 2.45) is 0 Å². The van der Waals surface area contributed by atoms with E-state index in [1.807, 2.05) is 38.1 Å². The molecule has 0 aromatic heterocycles. The minimum Gasteiger partial charge on any atom is -0.491 e. The first-order valence-corrected chi connectivity index (χ1v) is 7.77. The number of nitrogens with one attached hydrogen (secondary N) is 1. The van der Waals surface area contributed by atoms with E-state index in [4.69, 9.17) is 4.74 Å². The number of hydrogen-bond donors (Lipinski definition) is 1. The van der Waals surface area contributed by atoms with Crippen LogP contribution in [0.5, 0.6) is 5.75 Å². The largest absolute Gasteiger partial charge is 0.491 e. The molecular formula is C19H22FNO2. The van der Waals surface area contributed by atoms with E-state index < -0.39 is 0 Å². The number of benzene rings is 2. The summed E-state index contributed by atoms with van der Waals surface area (Å²) in [6.07, 6.45) is 0.653. The quantitative estimate of drug-likeness (QED) is 0.847. The van der Waals surface area contributed by atoms with Gasteiger partial charge in [0.2, 0.25) is 5.91 Å². The Bertz CT molecular complexity index is 640. The lowest BCUT2D eigenvalue weighted by atomic mass is 10.1. The zero-order chi connectivity index (χ0) is 16.7. The summed E-state index contributed by atoms with van der Waals surface area (Å²) in [6, 6.07) is 14.2. The number of rotatable bonds is 7. The molecule has 0 aliphatic heterocycles. The Hall–Kier alpha value is -2.36. The van der Waals surface area contributed by atoms with Crippen molar-refractivity contribution in [2.75, 3.05) is 6.61 Å². The molecule has 0 spiro atoms. The van der Waals surface area contributed by atoms with Crippen LogP contribution in [0.1, 0.15) is 24.5 Å². The Labute approximate surface area is 136 Å². The van der Waals surface area contributed by atoms with Crippen molar-refractivity contribution in [3.63, 3.8) is 0 Å². The van der Waals surface area contributed by atoms with Crippen molar-refractivity contribution < 1.29 is 13.9 Å². The van der Waals surface area contributed by atoms with Crippen LogP contribution in [0.2, 0.25) is 0 Å². The lowest BCUT2D eigenvalue weighted by molar-refractivity contribution is -0.121. The molecule has 0 fully saturated rings. The van der Waals surface area contributed by atoms with Crippen molar-refractivity contribution >= 4 is 5.91 Å². The van der Waals surface area contributed by atoms with E-state index in [9.17, 15) is 9.18 Å². The Morgan fingerprint density at radius 3 is 2.57 bits per heavy atom. The second-order valence-electron chi connectivity index (χ2n) is 5.68. The third-order valence-corrected chi connectivity index (χ3v) is 3.51. The normalized spacial score (nSPS) is 11.8. The van der Waals surface area contributed by atoms with Gasteiger partial charge in [-0.15, -0.1) is 0 Å². The van der Waals surface area contributed by atoms with Crippen LogP contribution in [-0.2, 0) is 11.2 Å². The summed E-state index contributed by atoms with van der Waals surface area (Å²) in [5, 5.41) is 2.86. The highest BCUT2D eigenvalue weighted by atomic mass is 19.1. The number of amides is 1. The topological polar surface area (TPSA) is 38.3 Å². The molecule has 4 heteroatoms. The first-order chi connectivity index (χ1) is 11.0. The van der Waals surface area contributed by atoms with Gasteiger partial charge in [0.1, 0.15) is 18.2 Å². The highest BCUT2D eigenvalue weighted by Gasteiger charge is 2.09. The summed E-state index contributed by atoms with van der Waals surface area (Å²) in [5.41, 5.74) is 1.73. The first kappa shape index (κ1) is 17.0. The van der Waals surface area contributed by atoms with E-state index in [-0.39, 0.29) is 24.2 Å². The number of hydrogen-bond acceptors (Lipinski definition) is 2. The number of carbonyl (C=O) groups excluding carboxylic acids is 1. The maximum atomic E-state index is 13.5. The highest BCUT2D eigenvalue weighted by Crippen LogP contribution is 2.12. The van der Waals surface area contributed by atoms with E-state index >= 15 is 0 Å². The minimum atomic E-state index is -0.268. The van der Waals surface area contributed by atoms with Gasteiger partial charge in [0, 0.05) is 6.42 Å². The van der Waals surface area contributed by atoms with Gasteiger partial charge in [0.15, 0.2) is 0 Å². The lowest BCUT2D eigenvalue weighted by Crippen LogP contribution is -2.36. The highest BCUT2D eigenvalue weighted by molar-refractivity contribution is 5.76. The lowest BCUT2D eigenvalue weighted by Gasteiger charge is -2.15. The minimum absolute atomic E-state index is 0.103. The fraction of sp³-hybridized carbons (Fsp3) is 0.316. The first-order valence-electron chi connectivity index (χ1n) is 7.77. The Morgan fingerprint density at radius 2 is 1.87 bits per heavy atom. The Balaban J connectivity index is 1.72. The molecule has 0 radical (unpaired) electrons. The summed E-state index contributed by atoms with van der Waals surface area (Å²) in [4.78, 5) is 11.9. The molecule has 1 atom stereocenters. The predicted octanol–water partition coefficient (Wildman–Crippen LogP) is 3.65. The number of halogens is 1. The molecule has 2 aromatic carbocycles. The van der Waals surface area contributed by atoms with Crippen LogP contribution in [-0.4, -0.2) is 18.6 Å². The molecule has 0 saturated carbocycles. The summed E-state index contributed by atoms with van der Waals surface area (Å²) in [5.74, 6) is 0.410. The molecule has 2 aromatic rings. The summed E-state index contributed by atoms with van der Waals surface area (Å²) in [6.45, 7) is 4.30. The van der Waals surface area contributed by atoms with Crippen LogP contribution >= 0.6 is 0 Å². The number of carbonyl (C=O) groups is 1. The molecule has 0 saturated heterocycles. The molecule has 1 N–H and O–H groups in total. The maximum Gasteiger partial charge on any atom is 0.220 e. The zero-order valence-electron chi connectivity index (χ0n) is 13.5. The average molecular weight is 315 g/mol. The van der Waals surface area contributed by atoms with Crippen LogP contribution < -0.4 is 10.1 Å². The van der Waals surface area contributed by atoms with Crippen LogP contribution in [0.25, 0.3) is 0 Å². The molecule has 23 heavy (non-hydrogen) atoms. The third kappa shape index (κ3) is 5.74. The van der Waals surface area contributed by atoms with E-state index in [1.54, 1.807) is 18.2 Å². The zero-order valence-corrected chi connectivity index (χ0v) is 13.5. The van der Waals surface area contributed by atoms with Gasteiger partial charge in [0.05, 0.1) is 6.04 Å². The summed E-state index contributed by atoms with van der Waals surface area (Å²) in [7, 11) is 0. The van der Waals surface area contributed by atoms with Crippen molar-refractivity contribution in [1.82, 2.24) is 5.32 Å². The monoisotopic (exact) mass is 315 g/mol. The van der Waals surface area contributed by atoms with Gasteiger partial charge in [-0.25, -0.2) is 4.39 Å². The van der Waals surface area contributed by atoms with Gasteiger partial charge in [-0.2, -0.15) is 0 Å². The molecule has 0 unspecified atom stereocenters. The van der Waals surface area contributed by atoms with Gasteiger partial charge in [-0.05, 0) is 44.0 Å². The van der Waals surface area contributed by atoms with Gasteiger partial charge in [0.25, 0.3) is 0 Å². The standard InChI is InChI=1S/C19H22FNO2/c1-14-7-10-17(11-8-14)23-13-15(2)21-19(22)12-9-16-5-3-4-6-18(16)20/h3-8,10-11,15H,9,12-13H2,1-2H3,(H,21,22)/t15-/m0/s1. The van der Waals surface area contributed by atoms with E-state index in [0.717, 1.165) is 5.75 Å². The van der Waals surface area contributed by atoms with Gasteiger partial charge >= 0.3 is 0 Å². The molecule has 122 valence electrons. The fourth-order valence-corrected chi connectivity index (χ4v) is 2.19. The molecule has 0 bridgehead atoms. The number of aryl methyl sites for hydroxylation is 2. The van der Waals surface area contributed by atoms with Crippen LogP contribution in [0.4, 0.5) is 4.39 Å². The van der Waals surface area contributed by atoms with Gasteiger partial charge in [-0.3, -0.25) is 4.79 Å². The maximum absolute atomic E-state index is 13.5. The van der Waals surface area contributed by atoms with Crippen molar-refractivity contribution in [2.45, 2.75) is 32.7 Å². The van der Waals surface area contributed by atoms with E-state index in [2.05, 4.69) is 5.32 Å². The van der Waals surface area contributed by atoms with E-state index in [1.165, 1.54) is 11.6 Å². The second kappa shape index (κ2) is 8.32. The van der Waals surface area contributed by atoms with E-state index in [0.29, 0.717) is 18.6 Å². The van der Waals surface area contributed by atoms with Crippen molar-refractivity contribution in [3.8, 4) is 5.75 Å². The molecule has 1 amide bonds. The summed E-state index contributed by atoms with van der Waals surface area (Å²) < 4.78 is 19.1. The number of ether oxygens (including phenoxy) is 1. The molecule has 0 aliphatic rings. The molecule has 0 heterocycles. The Morgan fingerprint density at radius 1 is 1.17 bits per heavy atom. The van der Waals surface area contributed by atoms with Crippen LogP contribution in [0.15, 0.2) is 48.5 Å². The SMILES string of the molecule is Cc1ccc(OC[C@H](C)NC(=O)CCc2ccccc2F)cc1. The molecular weight excluding hydrogens is 293 g/mol. The Kier molecular flexibility index (Phi) is 6.15. The van der Waals surface area contributed by atoms with Crippen molar-refractivity contribution in [3.05, 3.63) is 65.5 Å². The third-order valence-electron chi connectivity index (χ3n) is 3.51. The molecule has 0 aliphatic carbocycles.